The van der Waals surface area contributed by atoms with E-state index in [4.69, 9.17) is 5.11 Å². The van der Waals surface area contributed by atoms with Crippen LogP contribution in [0, 0.1) is 16.0 Å². The zero-order valence-corrected chi connectivity index (χ0v) is 11.9. The van der Waals surface area contributed by atoms with Crippen molar-refractivity contribution in [3.8, 4) is 0 Å². The Morgan fingerprint density at radius 3 is 2.64 bits per heavy atom. The number of nitrogens with zero attached hydrogens (tertiary/aromatic N) is 2. The molecule has 1 amide bonds. The Balaban J connectivity index is 2.37. The van der Waals surface area contributed by atoms with E-state index in [0.717, 1.165) is 0 Å². The number of non-ortho nitro benzene ring substituents is 1. The molecule has 1 unspecified atom stereocenters. The second-order valence-corrected chi connectivity index (χ2v) is 5.09. The predicted molar refractivity (Wildman–Crippen MR) is 76.5 cm³/mol. The maximum absolute atomic E-state index is 12.2. The third kappa shape index (κ3) is 2.87. The molecule has 0 saturated heterocycles. The van der Waals surface area contributed by atoms with Crippen LogP contribution >= 0.6 is 0 Å². The Hall–Kier alpha value is -2.97. The number of nitro groups is 1. The molecule has 1 aromatic carbocycles. The number of fused-ring (bicyclic) bond motifs is 1. The molecule has 0 fully saturated rings. The summed E-state index contributed by atoms with van der Waals surface area (Å²) in [5.41, 5.74) is 0.194. The first-order valence-corrected chi connectivity index (χ1v) is 6.47. The lowest BCUT2D eigenvalue weighted by Crippen LogP contribution is -2.44. The molecule has 1 atom stereocenters. The molecular weight excluding hydrogens is 292 g/mol. The zero-order chi connectivity index (χ0) is 16.4. The van der Waals surface area contributed by atoms with Crippen LogP contribution in [-0.4, -0.2) is 38.1 Å². The molecule has 22 heavy (non-hydrogen) atoms. The average molecular weight is 306 g/mol. The molecule has 2 aromatic rings. The van der Waals surface area contributed by atoms with Crippen LogP contribution in [0.3, 0.4) is 0 Å². The van der Waals surface area contributed by atoms with E-state index < -0.39 is 22.8 Å². The Labute approximate surface area is 124 Å². The number of carbonyl (C=O) groups excluding carboxylic acids is 1. The summed E-state index contributed by atoms with van der Waals surface area (Å²) in [6.45, 7) is 3.32. The number of carboxylic acid groups (broad SMARTS) is 1. The van der Waals surface area contributed by atoms with Crippen LogP contribution in [0.25, 0.3) is 10.9 Å². The number of nitrogens with one attached hydrogen (secondary N) is 2. The van der Waals surface area contributed by atoms with Gasteiger partial charge in [0, 0.05) is 17.5 Å². The van der Waals surface area contributed by atoms with E-state index >= 15 is 0 Å². The molecule has 1 aromatic heterocycles. The minimum atomic E-state index is -1.16. The summed E-state index contributed by atoms with van der Waals surface area (Å²) >= 11 is 0. The fourth-order valence-corrected chi connectivity index (χ4v) is 2.01. The summed E-state index contributed by atoms with van der Waals surface area (Å²) in [6, 6.07) is 2.88. The summed E-state index contributed by atoms with van der Waals surface area (Å²) in [5.74, 6) is -2.18. The maximum atomic E-state index is 12.2. The number of amides is 1. The third-order valence-electron chi connectivity index (χ3n) is 3.19. The molecule has 0 saturated carbocycles. The van der Waals surface area contributed by atoms with Gasteiger partial charge >= 0.3 is 5.97 Å². The van der Waals surface area contributed by atoms with E-state index in [-0.39, 0.29) is 22.7 Å². The van der Waals surface area contributed by atoms with Crippen LogP contribution in [0.1, 0.15) is 24.3 Å². The fraction of sp³-hybridized carbons (Fsp3) is 0.308. The Morgan fingerprint density at radius 2 is 2.09 bits per heavy atom. The molecule has 3 N–H and O–H groups in total. The van der Waals surface area contributed by atoms with Crippen molar-refractivity contribution in [1.82, 2.24) is 15.5 Å². The minimum absolute atomic E-state index is 0.0781. The van der Waals surface area contributed by atoms with Gasteiger partial charge in [-0.05, 0) is 12.0 Å². The van der Waals surface area contributed by atoms with Crippen molar-refractivity contribution in [1.29, 1.82) is 0 Å². The van der Waals surface area contributed by atoms with Crippen LogP contribution in [0.5, 0.6) is 0 Å². The van der Waals surface area contributed by atoms with Gasteiger partial charge < -0.3 is 10.4 Å². The lowest BCUT2D eigenvalue weighted by Gasteiger charge is -2.17. The number of aliphatic carboxylic acids is 1. The van der Waals surface area contributed by atoms with Gasteiger partial charge in [0.1, 0.15) is 6.04 Å². The van der Waals surface area contributed by atoms with Crippen molar-refractivity contribution >= 4 is 28.5 Å². The van der Waals surface area contributed by atoms with Crippen molar-refractivity contribution in [3.63, 3.8) is 0 Å². The molecule has 9 heteroatoms. The first-order chi connectivity index (χ1) is 10.3. The van der Waals surface area contributed by atoms with E-state index in [2.05, 4.69) is 15.5 Å². The van der Waals surface area contributed by atoms with Crippen molar-refractivity contribution in [2.75, 3.05) is 0 Å². The summed E-state index contributed by atoms with van der Waals surface area (Å²) in [7, 11) is 0. The van der Waals surface area contributed by atoms with E-state index in [1.807, 2.05) is 0 Å². The van der Waals surface area contributed by atoms with Gasteiger partial charge in [-0.1, -0.05) is 13.8 Å². The van der Waals surface area contributed by atoms with Crippen LogP contribution in [-0.2, 0) is 4.79 Å². The number of aromatic nitrogens is 2. The molecule has 0 spiro atoms. The fourth-order valence-electron chi connectivity index (χ4n) is 2.01. The van der Waals surface area contributed by atoms with Crippen molar-refractivity contribution < 1.29 is 19.6 Å². The van der Waals surface area contributed by atoms with Crippen LogP contribution in [0.4, 0.5) is 5.69 Å². The number of benzene rings is 1. The van der Waals surface area contributed by atoms with Crippen LogP contribution < -0.4 is 5.32 Å². The van der Waals surface area contributed by atoms with Crippen LogP contribution in [0.2, 0.25) is 0 Å². The summed E-state index contributed by atoms with van der Waals surface area (Å²) in [6.07, 6.45) is 0. The highest BCUT2D eigenvalue weighted by Crippen LogP contribution is 2.22. The van der Waals surface area contributed by atoms with Gasteiger partial charge in [-0.2, -0.15) is 5.10 Å². The summed E-state index contributed by atoms with van der Waals surface area (Å²) in [4.78, 5) is 33.5. The summed E-state index contributed by atoms with van der Waals surface area (Å²) < 4.78 is 0. The Kier molecular flexibility index (Phi) is 4.06. The van der Waals surface area contributed by atoms with Gasteiger partial charge in [-0.3, -0.25) is 20.0 Å². The van der Waals surface area contributed by atoms with E-state index in [1.165, 1.54) is 18.2 Å². The number of nitro benzene ring substituents is 1. The first-order valence-electron chi connectivity index (χ1n) is 6.47. The monoisotopic (exact) mass is 306 g/mol. The van der Waals surface area contributed by atoms with Gasteiger partial charge in [0.25, 0.3) is 11.6 Å². The lowest BCUT2D eigenvalue weighted by atomic mass is 10.0. The lowest BCUT2D eigenvalue weighted by molar-refractivity contribution is -0.384. The van der Waals surface area contributed by atoms with E-state index in [9.17, 15) is 19.7 Å². The highest BCUT2D eigenvalue weighted by Gasteiger charge is 2.26. The predicted octanol–water partition coefficient (Wildman–Crippen LogP) is 1.31. The zero-order valence-electron chi connectivity index (χ0n) is 11.9. The standard InChI is InChI=1S/C13H14N4O5/c1-6(2)10(13(19)20)14-12(18)11-8-5-7(17(21)22)3-4-9(8)15-16-11/h3-6,10H,1-2H3,(H,14,18)(H,15,16)(H,19,20). The number of hydrogen-bond acceptors (Lipinski definition) is 5. The molecule has 116 valence electrons. The molecule has 1 heterocycles. The number of H-pyrrole nitrogens is 1. The number of rotatable bonds is 5. The molecule has 0 bridgehead atoms. The molecule has 2 rings (SSSR count). The van der Waals surface area contributed by atoms with Gasteiger partial charge in [0.2, 0.25) is 0 Å². The van der Waals surface area contributed by atoms with Crippen molar-refractivity contribution in [2.24, 2.45) is 5.92 Å². The maximum Gasteiger partial charge on any atom is 0.326 e. The number of carbonyl (C=O) groups is 2. The van der Waals surface area contributed by atoms with Crippen molar-refractivity contribution in [2.45, 2.75) is 19.9 Å². The average Bonchev–Trinajstić information content (AvgIpc) is 2.86. The molecule has 9 nitrogen and oxygen atoms in total. The second kappa shape index (κ2) is 5.80. The minimum Gasteiger partial charge on any atom is -0.480 e. The van der Waals surface area contributed by atoms with Crippen molar-refractivity contribution in [3.05, 3.63) is 34.0 Å². The number of aromatic amines is 1. The summed E-state index contributed by atoms with van der Waals surface area (Å²) in [5, 5.41) is 28.9. The van der Waals surface area contributed by atoms with E-state index in [1.54, 1.807) is 13.8 Å². The van der Waals surface area contributed by atoms with Gasteiger partial charge in [-0.15, -0.1) is 0 Å². The van der Waals surface area contributed by atoms with Crippen LogP contribution in [0.15, 0.2) is 18.2 Å². The molecule has 0 aliphatic rings. The van der Waals surface area contributed by atoms with Gasteiger partial charge in [0.05, 0.1) is 10.4 Å². The molecule has 0 aliphatic heterocycles. The van der Waals surface area contributed by atoms with E-state index in [0.29, 0.717) is 5.52 Å². The third-order valence-corrected chi connectivity index (χ3v) is 3.19. The number of carboxylic acids is 1. The highest BCUT2D eigenvalue weighted by atomic mass is 16.6. The molecular formula is C13H14N4O5. The number of hydrogen-bond donors (Lipinski definition) is 3. The first kappa shape index (κ1) is 15.4. The highest BCUT2D eigenvalue weighted by molar-refractivity contribution is 6.06. The molecule has 0 aliphatic carbocycles. The SMILES string of the molecule is CC(C)C(NC(=O)c1n[nH]c2ccc([N+](=O)[O-])cc12)C(=O)O. The second-order valence-electron chi connectivity index (χ2n) is 5.09. The largest absolute Gasteiger partial charge is 0.480 e. The Bertz CT molecular complexity index is 752. The van der Waals surface area contributed by atoms with Gasteiger partial charge in [0.15, 0.2) is 5.69 Å². The van der Waals surface area contributed by atoms with Gasteiger partial charge in [-0.25, -0.2) is 4.79 Å². The smallest absolute Gasteiger partial charge is 0.326 e. The normalized spacial score (nSPS) is 12.3. The quantitative estimate of drug-likeness (QED) is 0.562. The topological polar surface area (TPSA) is 138 Å². The molecule has 0 radical (unpaired) electrons. The Morgan fingerprint density at radius 1 is 1.41 bits per heavy atom.